The molecule has 0 saturated carbocycles. The van der Waals surface area contributed by atoms with Crippen molar-refractivity contribution in [2.75, 3.05) is 13.7 Å². The number of benzene rings is 1. The highest BCUT2D eigenvalue weighted by molar-refractivity contribution is 5.57. The van der Waals surface area contributed by atoms with Gasteiger partial charge in [-0.1, -0.05) is 19.9 Å². The molecule has 0 bridgehead atoms. The Kier molecular flexibility index (Phi) is 5.85. The first-order valence-electron chi connectivity index (χ1n) is 6.28. The highest BCUT2D eigenvalue weighted by Gasteiger charge is 2.09. The van der Waals surface area contributed by atoms with Gasteiger partial charge in [0.05, 0.1) is 18.6 Å². The molecule has 19 heavy (non-hydrogen) atoms. The number of hydrogen-bond acceptors (Lipinski definition) is 4. The van der Waals surface area contributed by atoms with Crippen molar-refractivity contribution >= 4 is 6.08 Å². The molecule has 5 nitrogen and oxygen atoms in total. The van der Waals surface area contributed by atoms with Gasteiger partial charge in [-0.2, -0.15) is 0 Å². The van der Waals surface area contributed by atoms with Gasteiger partial charge in [0.25, 0.3) is 0 Å². The number of rotatable bonds is 7. The summed E-state index contributed by atoms with van der Waals surface area (Å²) in [6, 6.07) is 5.29. The van der Waals surface area contributed by atoms with E-state index >= 15 is 0 Å². The molecule has 0 amide bonds. The Bertz CT molecular complexity index is 469. The maximum Gasteiger partial charge on any atom is 0.246 e. The molecule has 104 valence electrons. The van der Waals surface area contributed by atoms with E-state index in [1.165, 1.54) is 0 Å². The van der Waals surface area contributed by atoms with Gasteiger partial charge in [0.1, 0.15) is 0 Å². The number of nitrogens with zero attached hydrogens (tertiary/aromatic N) is 1. The molecule has 0 radical (unpaired) electrons. The van der Waals surface area contributed by atoms with Gasteiger partial charge >= 0.3 is 0 Å². The van der Waals surface area contributed by atoms with E-state index < -0.39 is 0 Å². The number of allylic oxidation sites excluding steroid dienone is 1. The lowest BCUT2D eigenvalue weighted by Gasteiger charge is -2.10. The van der Waals surface area contributed by atoms with Crippen LogP contribution < -0.4 is 9.47 Å². The van der Waals surface area contributed by atoms with Crippen molar-refractivity contribution in [3.8, 4) is 11.5 Å². The van der Waals surface area contributed by atoms with Crippen LogP contribution in [0.1, 0.15) is 32.3 Å². The van der Waals surface area contributed by atoms with Crippen LogP contribution in [0.3, 0.4) is 0 Å². The molecule has 0 aliphatic rings. The third-order valence-corrected chi connectivity index (χ3v) is 2.58. The predicted molar refractivity (Wildman–Crippen MR) is 74.0 cm³/mol. The Morgan fingerprint density at radius 2 is 2.11 bits per heavy atom. The summed E-state index contributed by atoms with van der Waals surface area (Å²) in [5.41, 5.74) is 0.909. The lowest BCUT2D eigenvalue weighted by Crippen LogP contribution is -1.99. The molecule has 0 heterocycles. The first-order valence-corrected chi connectivity index (χ1v) is 6.28. The highest BCUT2D eigenvalue weighted by atomic mass is 16.6. The summed E-state index contributed by atoms with van der Waals surface area (Å²) in [6.07, 6.45) is 2.82. The zero-order valence-electron chi connectivity index (χ0n) is 11.5. The third kappa shape index (κ3) is 4.28. The topological polar surface area (TPSA) is 61.6 Å². The van der Waals surface area contributed by atoms with Crippen LogP contribution in [0.2, 0.25) is 0 Å². The average Bonchev–Trinajstić information content (AvgIpc) is 2.42. The van der Waals surface area contributed by atoms with Gasteiger partial charge in [0.2, 0.25) is 5.70 Å². The molecule has 0 spiro atoms. The maximum absolute atomic E-state index is 10.8. The highest BCUT2D eigenvalue weighted by Crippen LogP contribution is 2.29. The first kappa shape index (κ1) is 15.0. The van der Waals surface area contributed by atoms with E-state index in [0.717, 1.165) is 12.0 Å². The Morgan fingerprint density at radius 1 is 1.37 bits per heavy atom. The number of ether oxygens (including phenoxy) is 2. The summed E-state index contributed by atoms with van der Waals surface area (Å²) in [5.74, 6) is 1.24. The van der Waals surface area contributed by atoms with Crippen molar-refractivity contribution in [2.45, 2.75) is 26.7 Å². The molecule has 0 N–H and O–H groups in total. The fraction of sp³-hybridized carbons (Fsp3) is 0.429. The standard InChI is InChI=1S/C14H19NO4/c1-4-8-19-14-10-11(6-7-13(14)18-3)9-12(5-2)15(16)17/h6-7,9-10H,4-5,8H2,1-3H3/b12-9+. The number of methoxy groups -OCH3 is 1. The van der Waals surface area contributed by atoms with E-state index in [0.29, 0.717) is 24.5 Å². The van der Waals surface area contributed by atoms with Crippen molar-refractivity contribution in [1.82, 2.24) is 0 Å². The molecule has 0 aromatic heterocycles. The van der Waals surface area contributed by atoms with Gasteiger partial charge in [-0.25, -0.2) is 0 Å². The molecule has 0 aliphatic heterocycles. The minimum Gasteiger partial charge on any atom is -0.493 e. The quantitative estimate of drug-likeness (QED) is 0.559. The van der Waals surface area contributed by atoms with E-state index in [4.69, 9.17) is 9.47 Å². The van der Waals surface area contributed by atoms with E-state index in [1.807, 2.05) is 6.92 Å². The number of hydrogen-bond donors (Lipinski definition) is 0. The smallest absolute Gasteiger partial charge is 0.246 e. The van der Waals surface area contributed by atoms with Crippen LogP contribution in [0, 0.1) is 10.1 Å². The molecule has 0 unspecified atom stereocenters. The second-order valence-electron chi connectivity index (χ2n) is 4.01. The summed E-state index contributed by atoms with van der Waals surface area (Å²) in [6.45, 7) is 4.35. The van der Waals surface area contributed by atoms with Crippen LogP contribution in [-0.2, 0) is 0 Å². The van der Waals surface area contributed by atoms with Gasteiger partial charge in [-0.3, -0.25) is 10.1 Å². The maximum atomic E-state index is 10.8. The Balaban J connectivity index is 3.06. The average molecular weight is 265 g/mol. The van der Waals surface area contributed by atoms with Crippen LogP contribution in [0.15, 0.2) is 23.9 Å². The summed E-state index contributed by atoms with van der Waals surface area (Å²) < 4.78 is 10.8. The van der Waals surface area contributed by atoms with Crippen LogP contribution in [0.5, 0.6) is 11.5 Å². The largest absolute Gasteiger partial charge is 0.493 e. The molecule has 1 rings (SSSR count). The van der Waals surface area contributed by atoms with Gasteiger partial charge in [0, 0.05) is 12.5 Å². The van der Waals surface area contributed by atoms with E-state index in [9.17, 15) is 10.1 Å². The molecule has 0 atom stereocenters. The minimum absolute atomic E-state index is 0.173. The monoisotopic (exact) mass is 265 g/mol. The molecular weight excluding hydrogens is 246 g/mol. The molecule has 0 aliphatic carbocycles. The molecule has 0 fully saturated rings. The van der Waals surface area contributed by atoms with Gasteiger partial charge in [-0.15, -0.1) is 0 Å². The fourth-order valence-corrected chi connectivity index (χ4v) is 1.58. The summed E-state index contributed by atoms with van der Waals surface area (Å²) in [7, 11) is 1.57. The SMILES string of the molecule is CCCOc1cc(/C=C(\CC)[N+](=O)[O-])ccc1OC. The van der Waals surface area contributed by atoms with Crippen LogP contribution in [0.25, 0.3) is 6.08 Å². The predicted octanol–water partition coefficient (Wildman–Crippen LogP) is 3.51. The van der Waals surface area contributed by atoms with Crippen LogP contribution in [-0.4, -0.2) is 18.6 Å². The minimum atomic E-state index is -0.364. The first-order chi connectivity index (χ1) is 9.12. The van der Waals surface area contributed by atoms with Gasteiger partial charge < -0.3 is 9.47 Å². The molecule has 1 aromatic rings. The van der Waals surface area contributed by atoms with Gasteiger partial charge in [-0.05, 0) is 24.1 Å². The summed E-state index contributed by atoms with van der Waals surface area (Å²) in [5, 5.41) is 10.8. The third-order valence-electron chi connectivity index (χ3n) is 2.58. The lowest BCUT2D eigenvalue weighted by molar-refractivity contribution is -0.425. The van der Waals surface area contributed by atoms with Crippen LogP contribution in [0.4, 0.5) is 0 Å². The van der Waals surface area contributed by atoms with E-state index in [1.54, 1.807) is 38.3 Å². The normalized spacial score (nSPS) is 11.2. The van der Waals surface area contributed by atoms with E-state index in [-0.39, 0.29) is 10.6 Å². The van der Waals surface area contributed by atoms with Crippen molar-refractivity contribution in [3.05, 3.63) is 39.6 Å². The Labute approximate surface area is 113 Å². The van der Waals surface area contributed by atoms with Crippen molar-refractivity contribution in [3.63, 3.8) is 0 Å². The van der Waals surface area contributed by atoms with Gasteiger partial charge in [0.15, 0.2) is 11.5 Å². The molecular formula is C14H19NO4. The van der Waals surface area contributed by atoms with E-state index in [2.05, 4.69) is 0 Å². The Morgan fingerprint density at radius 3 is 2.63 bits per heavy atom. The van der Waals surface area contributed by atoms with Crippen molar-refractivity contribution in [2.24, 2.45) is 0 Å². The fourth-order valence-electron chi connectivity index (χ4n) is 1.58. The molecule has 5 heteroatoms. The number of nitro groups is 1. The molecule has 0 saturated heterocycles. The zero-order chi connectivity index (χ0) is 14.3. The zero-order valence-corrected chi connectivity index (χ0v) is 11.5. The summed E-state index contributed by atoms with van der Waals surface area (Å²) in [4.78, 5) is 10.4. The van der Waals surface area contributed by atoms with Crippen molar-refractivity contribution < 1.29 is 14.4 Å². The van der Waals surface area contributed by atoms with Crippen molar-refractivity contribution in [1.29, 1.82) is 0 Å². The Hall–Kier alpha value is -2.04. The second kappa shape index (κ2) is 7.41. The molecule has 1 aromatic carbocycles. The lowest BCUT2D eigenvalue weighted by atomic mass is 10.1. The van der Waals surface area contributed by atoms with Crippen LogP contribution >= 0.6 is 0 Å². The second-order valence-corrected chi connectivity index (χ2v) is 4.01. The summed E-state index contributed by atoms with van der Waals surface area (Å²) >= 11 is 0.